The summed E-state index contributed by atoms with van der Waals surface area (Å²) in [6, 6.07) is 11.2. The Morgan fingerprint density at radius 1 is 0.898 bits per heavy atom. The lowest BCUT2D eigenvalue weighted by Crippen LogP contribution is -2.54. The van der Waals surface area contributed by atoms with Gasteiger partial charge in [0.1, 0.15) is 29.8 Å². The zero-order valence-corrected chi connectivity index (χ0v) is 32.9. The largest absolute Gasteiger partial charge is 0.374 e. The number of rotatable bonds is 10. The molecule has 2 aromatic carbocycles. The highest BCUT2D eigenvalue weighted by Crippen LogP contribution is 2.34. The smallest absolute Gasteiger partial charge is 0.253 e. The third-order valence-electron chi connectivity index (χ3n) is 12.3. The Balaban J connectivity index is 0.770. The summed E-state index contributed by atoms with van der Waals surface area (Å²) in [6.45, 7) is 4.08. The molecule has 4 amide bonds. The number of alkyl halides is 1. The molecule has 4 saturated heterocycles. The fourth-order valence-corrected chi connectivity index (χ4v) is 8.90. The summed E-state index contributed by atoms with van der Waals surface area (Å²) in [5, 5.41) is 8.63. The number of nitrogens with one attached hydrogen (secondary N) is 3. The van der Waals surface area contributed by atoms with Gasteiger partial charge in [-0.1, -0.05) is 12.1 Å². The van der Waals surface area contributed by atoms with Gasteiger partial charge in [-0.2, -0.15) is 0 Å². The Morgan fingerprint density at radius 3 is 2.41 bits per heavy atom. The molecule has 1 aromatic heterocycles. The molecule has 59 heavy (non-hydrogen) atoms. The Labute approximate surface area is 340 Å². The molecule has 1 unspecified atom stereocenters. The lowest BCUT2D eigenvalue weighted by atomic mass is 9.84. The summed E-state index contributed by atoms with van der Waals surface area (Å²) in [4.78, 5) is 65.6. The van der Waals surface area contributed by atoms with E-state index in [0.717, 1.165) is 6.20 Å². The number of morpholine rings is 1. The second-order valence-corrected chi connectivity index (χ2v) is 16.3. The molecule has 5 heterocycles. The first-order valence-electron chi connectivity index (χ1n) is 20.6. The summed E-state index contributed by atoms with van der Waals surface area (Å²) < 4.78 is 51.6. The number of ether oxygens (including phenoxy) is 1. The molecule has 0 spiro atoms. The van der Waals surface area contributed by atoms with E-state index >= 15 is 8.78 Å². The monoisotopic (exact) mass is 817 g/mol. The summed E-state index contributed by atoms with van der Waals surface area (Å²) in [5.41, 5.74) is 0.804. The number of piperidine rings is 2. The van der Waals surface area contributed by atoms with Crippen LogP contribution in [0.2, 0.25) is 0 Å². The van der Waals surface area contributed by atoms with E-state index in [9.17, 15) is 23.6 Å². The molecule has 14 nitrogen and oxygen atoms in total. The zero-order valence-electron chi connectivity index (χ0n) is 32.9. The van der Waals surface area contributed by atoms with Gasteiger partial charge in [0.25, 0.3) is 5.91 Å². The van der Waals surface area contributed by atoms with Gasteiger partial charge in [-0.15, -0.1) is 0 Å². The summed E-state index contributed by atoms with van der Waals surface area (Å²) in [6.07, 6.45) is 5.00. The van der Waals surface area contributed by atoms with Crippen LogP contribution in [0.4, 0.5) is 36.2 Å². The SMILES string of the molecule is O=C1CCC(Nc2ccc(N3CCN(CC4(F)CCN(C(=O)C5CCC(Nc6ncc(F)c(-c7cccc(N8CCOCC8=O)c7)n6)CC5)CC4)CC3)c(F)c2)C(=O)N1. The topological polar surface area (TPSA) is 152 Å². The molecule has 3 N–H and O–H groups in total. The van der Waals surface area contributed by atoms with Crippen LogP contribution in [0.25, 0.3) is 11.3 Å². The van der Waals surface area contributed by atoms with Crippen molar-refractivity contribution in [1.82, 2.24) is 25.1 Å². The number of halogens is 3. The van der Waals surface area contributed by atoms with Gasteiger partial charge in [0.05, 0.1) is 18.5 Å². The molecular formula is C42H50F3N9O5. The van der Waals surface area contributed by atoms with E-state index < -0.39 is 29.3 Å². The van der Waals surface area contributed by atoms with Crippen molar-refractivity contribution in [2.24, 2.45) is 5.92 Å². The summed E-state index contributed by atoms with van der Waals surface area (Å²) >= 11 is 0. The Morgan fingerprint density at radius 2 is 1.68 bits per heavy atom. The van der Waals surface area contributed by atoms with Crippen LogP contribution in [0, 0.1) is 17.6 Å². The van der Waals surface area contributed by atoms with Crippen molar-refractivity contribution in [3.63, 3.8) is 0 Å². The van der Waals surface area contributed by atoms with Crippen LogP contribution in [0.3, 0.4) is 0 Å². The van der Waals surface area contributed by atoms with Gasteiger partial charge in [-0.25, -0.2) is 23.1 Å². The van der Waals surface area contributed by atoms with Crippen LogP contribution >= 0.6 is 0 Å². The predicted octanol–water partition coefficient (Wildman–Crippen LogP) is 4.13. The van der Waals surface area contributed by atoms with E-state index in [4.69, 9.17) is 4.74 Å². The maximum atomic E-state index is 16.2. The number of carbonyl (C=O) groups is 4. The number of carbonyl (C=O) groups excluding carboxylic acids is 4. The number of amides is 4. The van der Waals surface area contributed by atoms with Crippen molar-refractivity contribution in [2.75, 3.05) is 86.0 Å². The highest BCUT2D eigenvalue weighted by Gasteiger charge is 2.40. The number of anilines is 4. The number of piperazine rings is 1. The van der Waals surface area contributed by atoms with Gasteiger partial charge in [0.15, 0.2) is 5.82 Å². The van der Waals surface area contributed by atoms with E-state index in [-0.39, 0.29) is 67.8 Å². The van der Waals surface area contributed by atoms with Crippen molar-refractivity contribution in [2.45, 2.75) is 69.1 Å². The number of hydrogen-bond acceptors (Lipinski definition) is 11. The molecule has 314 valence electrons. The first-order chi connectivity index (χ1) is 28.5. The number of benzene rings is 2. The minimum atomic E-state index is -1.41. The molecule has 4 aliphatic heterocycles. The molecule has 1 aliphatic carbocycles. The predicted molar refractivity (Wildman–Crippen MR) is 214 cm³/mol. The van der Waals surface area contributed by atoms with E-state index in [1.165, 1.54) is 6.07 Å². The molecular weight excluding hydrogens is 768 g/mol. The number of hydrogen-bond donors (Lipinski definition) is 3. The van der Waals surface area contributed by atoms with Crippen LogP contribution in [0.15, 0.2) is 48.7 Å². The molecule has 8 rings (SSSR count). The van der Waals surface area contributed by atoms with Gasteiger partial charge in [0, 0.05) is 101 Å². The molecule has 1 atom stereocenters. The number of imide groups is 1. The quantitative estimate of drug-likeness (QED) is 0.254. The fraction of sp³-hybridized carbons (Fsp3) is 0.524. The maximum absolute atomic E-state index is 16.2. The molecule has 1 saturated carbocycles. The van der Waals surface area contributed by atoms with Crippen LogP contribution in [0.5, 0.6) is 0 Å². The Bertz CT molecular complexity index is 2050. The average Bonchev–Trinajstić information content (AvgIpc) is 3.23. The molecule has 5 fully saturated rings. The standard InChI is InChI=1S/C42H50F3N9O5/c43-32-23-30(47-34-9-11-36(55)49-39(34)57)8-10-35(32)52-18-16-51(17-19-52)26-42(45)12-14-53(15-13-42)40(58)27-4-6-29(7-5-27)48-41-46-24-33(44)38(50-41)28-2-1-3-31(22-28)54-20-21-59-25-37(54)56/h1-3,8,10,22-24,27,29,34,47H,4-7,9,11-21,25-26H2,(H,46,48,50)(H,49,55,57). The lowest BCUT2D eigenvalue weighted by Gasteiger charge is -2.43. The third-order valence-corrected chi connectivity index (χ3v) is 12.3. The molecule has 17 heteroatoms. The van der Waals surface area contributed by atoms with E-state index in [2.05, 4.69) is 30.8 Å². The van der Waals surface area contributed by atoms with Crippen LogP contribution in [0.1, 0.15) is 51.4 Å². The number of aromatic nitrogens is 2. The van der Waals surface area contributed by atoms with E-state index in [1.54, 1.807) is 41.3 Å². The molecule has 0 bridgehead atoms. The van der Waals surface area contributed by atoms with Gasteiger partial charge >= 0.3 is 0 Å². The lowest BCUT2D eigenvalue weighted by molar-refractivity contribution is -0.139. The van der Waals surface area contributed by atoms with Gasteiger partial charge in [0.2, 0.25) is 23.7 Å². The maximum Gasteiger partial charge on any atom is 0.253 e. The fourth-order valence-electron chi connectivity index (χ4n) is 8.90. The molecule has 0 radical (unpaired) electrons. The van der Waals surface area contributed by atoms with E-state index in [1.807, 2.05) is 9.80 Å². The Hall–Kier alpha value is -5.29. The van der Waals surface area contributed by atoms with Gasteiger partial charge in [-0.05, 0) is 62.4 Å². The highest BCUT2D eigenvalue weighted by atomic mass is 19.1. The first-order valence-corrected chi connectivity index (χ1v) is 20.6. The van der Waals surface area contributed by atoms with Gasteiger partial charge in [-0.3, -0.25) is 29.4 Å². The summed E-state index contributed by atoms with van der Waals surface area (Å²) in [7, 11) is 0. The second kappa shape index (κ2) is 17.5. The highest BCUT2D eigenvalue weighted by molar-refractivity contribution is 6.01. The number of nitrogens with zero attached hydrogens (tertiary/aromatic N) is 6. The van der Waals surface area contributed by atoms with Crippen molar-refractivity contribution in [3.8, 4) is 11.3 Å². The van der Waals surface area contributed by atoms with Gasteiger partial charge < -0.3 is 30.1 Å². The van der Waals surface area contributed by atoms with Crippen molar-refractivity contribution in [3.05, 3.63) is 60.3 Å². The van der Waals surface area contributed by atoms with Crippen molar-refractivity contribution < 1.29 is 37.1 Å². The normalized spacial score (nSPS) is 24.2. The van der Waals surface area contributed by atoms with E-state index in [0.29, 0.717) is 113 Å². The molecule has 5 aliphatic rings. The number of likely N-dealkylation sites (tertiary alicyclic amines) is 1. The minimum Gasteiger partial charge on any atom is -0.374 e. The molecule has 3 aromatic rings. The zero-order chi connectivity index (χ0) is 41.1. The first kappa shape index (κ1) is 40.5. The van der Waals surface area contributed by atoms with Crippen LogP contribution < -0.4 is 25.8 Å². The minimum absolute atomic E-state index is 0.00591. The summed E-state index contributed by atoms with van der Waals surface area (Å²) in [5.74, 6) is -1.66. The van der Waals surface area contributed by atoms with Crippen molar-refractivity contribution >= 4 is 46.6 Å². The third kappa shape index (κ3) is 9.46. The van der Waals surface area contributed by atoms with Crippen LogP contribution in [-0.4, -0.2) is 127 Å². The second-order valence-electron chi connectivity index (χ2n) is 16.3. The average molecular weight is 818 g/mol. The van der Waals surface area contributed by atoms with Crippen LogP contribution in [-0.2, 0) is 23.9 Å². The van der Waals surface area contributed by atoms with Crippen molar-refractivity contribution in [1.29, 1.82) is 0 Å². The Kier molecular flexibility index (Phi) is 12.0.